The number of carbonyl (C=O) groups excluding carboxylic acids is 2. The minimum atomic E-state index is -4.09. The molecule has 0 saturated carbocycles. The van der Waals surface area contributed by atoms with Crippen LogP contribution in [0.15, 0.2) is 53.4 Å². The number of benzene rings is 2. The molecule has 8 nitrogen and oxygen atoms in total. The van der Waals surface area contributed by atoms with E-state index in [1.807, 2.05) is 20.8 Å². The first-order chi connectivity index (χ1) is 16.8. The normalized spacial score (nSPS) is 11.6. The number of halogens is 1. The maximum absolute atomic E-state index is 13.6. The van der Waals surface area contributed by atoms with Crippen molar-refractivity contribution in [3.63, 3.8) is 0 Å². The lowest BCUT2D eigenvalue weighted by atomic mass is 9.87. The summed E-state index contributed by atoms with van der Waals surface area (Å²) in [6, 6.07) is 12.4. The molecule has 3 aromatic rings. The lowest BCUT2D eigenvalue weighted by molar-refractivity contribution is 0.0987. The number of ether oxygens (including phenoxy) is 1. The summed E-state index contributed by atoms with van der Waals surface area (Å²) in [6.45, 7) is 7.78. The molecule has 3 rings (SSSR count). The van der Waals surface area contributed by atoms with E-state index < -0.39 is 15.9 Å². The Bertz CT molecular complexity index is 1410. The molecular formula is C26H28ClN3O5S. The first-order valence-corrected chi connectivity index (χ1v) is 12.9. The molecule has 0 aliphatic carbocycles. The number of carbonyl (C=O) groups is 2. The third kappa shape index (κ3) is 5.52. The van der Waals surface area contributed by atoms with Gasteiger partial charge in [0.05, 0.1) is 39.7 Å². The first kappa shape index (κ1) is 27.2. The topological polar surface area (TPSA) is 106 Å². The number of nitrogens with zero attached hydrogens (tertiary/aromatic N) is 2. The lowest BCUT2D eigenvalue weighted by Crippen LogP contribution is -2.30. The number of amides is 1. The molecule has 0 atom stereocenters. The van der Waals surface area contributed by atoms with Crippen molar-refractivity contribution < 1.29 is 22.7 Å². The average molecular weight is 530 g/mol. The van der Waals surface area contributed by atoms with Crippen molar-refractivity contribution in [2.45, 2.75) is 38.0 Å². The Kier molecular flexibility index (Phi) is 7.76. The summed E-state index contributed by atoms with van der Waals surface area (Å²) in [4.78, 5) is 31.1. The maximum Gasteiger partial charge on any atom is 0.261 e. The van der Waals surface area contributed by atoms with E-state index in [9.17, 15) is 18.0 Å². The number of hydrogen-bond acceptors (Lipinski definition) is 6. The van der Waals surface area contributed by atoms with Crippen LogP contribution in [0.2, 0.25) is 5.02 Å². The third-order valence-corrected chi connectivity index (χ3v) is 7.42. The fourth-order valence-corrected chi connectivity index (χ4v) is 4.91. The summed E-state index contributed by atoms with van der Waals surface area (Å²) in [7, 11) is -1.11. The number of aromatic nitrogens is 1. The van der Waals surface area contributed by atoms with Crippen LogP contribution >= 0.6 is 11.6 Å². The molecule has 0 unspecified atom stereocenters. The quantitative estimate of drug-likeness (QED) is 0.419. The monoisotopic (exact) mass is 529 g/mol. The lowest BCUT2D eigenvalue weighted by Gasteiger charge is -2.23. The van der Waals surface area contributed by atoms with Gasteiger partial charge in [-0.2, -0.15) is 0 Å². The van der Waals surface area contributed by atoms with Gasteiger partial charge >= 0.3 is 0 Å². The second kappa shape index (κ2) is 10.3. The van der Waals surface area contributed by atoms with Crippen molar-refractivity contribution in [2.75, 3.05) is 23.8 Å². The Morgan fingerprint density at radius 1 is 1.08 bits per heavy atom. The van der Waals surface area contributed by atoms with Crippen LogP contribution < -0.4 is 14.4 Å². The summed E-state index contributed by atoms with van der Waals surface area (Å²) in [5.74, 6) is -0.269. The van der Waals surface area contributed by atoms with E-state index in [1.165, 1.54) is 43.3 Å². The molecule has 0 bridgehead atoms. The van der Waals surface area contributed by atoms with Crippen molar-refractivity contribution in [1.29, 1.82) is 0 Å². The summed E-state index contributed by atoms with van der Waals surface area (Å²) >= 11 is 6.21. The van der Waals surface area contributed by atoms with Crippen molar-refractivity contribution in [3.05, 3.63) is 75.9 Å². The number of rotatable bonds is 7. The van der Waals surface area contributed by atoms with Gasteiger partial charge in [-0.15, -0.1) is 0 Å². The maximum atomic E-state index is 13.6. The fourth-order valence-electron chi connectivity index (χ4n) is 3.64. The van der Waals surface area contributed by atoms with Crippen LogP contribution in [-0.4, -0.2) is 39.8 Å². The molecule has 0 aliphatic rings. The predicted octanol–water partition coefficient (Wildman–Crippen LogP) is 5.24. The molecule has 0 saturated heterocycles. The number of nitrogens with one attached hydrogen (secondary N) is 1. The van der Waals surface area contributed by atoms with Gasteiger partial charge in [0.2, 0.25) is 5.88 Å². The van der Waals surface area contributed by atoms with Crippen LogP contribution in [-0.2, 0) is 15.4 Å². The molecule has 10 heteroatoms. The second-order valence-electron chi connectivity index (χ2n) is 9.20. The van der Waals surface area contributed by atoms with E-state index in [1.54, 1.807) is 31.2 Å². The van der Waals surface area contributed by atoms with E-state index >= 15 is 0 Å². The van der Waals surface area contributed by atoms with E-state index in [4.69, 9.17) is 16.3 Å². The van der Waals surface area contributed by atoms with Gasteiger partial charge in [0, 0.05) is 18.7 Å². The molecule has 1 heterocycles. The highest BCUT2D eigenvalue weighted by Crippen LogP contribution is 2.32. The molecule has 0 fully saturated rings. The molecular weight excluding hydrogens is 502 g/mol. The molecule has 1 N–H and O–H groups in total. The van der Waals surface area contributed by atoms with Gasteiger partial charge in [0.25, 0.3) is 15.9 Å². The highest BCUT2D eigenvalue weighted by Gasteiger charge is 2.27. The molecule has 0 aliphatic heterocycles. The largest absolute Gasteiger partial charge is 0.481 e. The molecule has 0 radical (unpaired) electrons. The van der Waals surface area contributed by atoms with E-state index in [0.717, 1.165) is 5.56 Å². The Hall–Kier alpha value is -3.43. The van der Waals surface area contributed by atoms with Crippen LogP contribution in [0.1, 0.15) is 52.7 Å². The van der Waals surface area contributed by atoms with Gasteiger partial charge in [-0.25, -0.2) is 13.4 Å². The highest BCUT2D eigenvalue weighted by molar-refractivity contribution is 7.92. The molecule has 36 heavy (non-hydrogen) atoms. The second-order valence-corrected chi connectivity index (χ2v) is 11.3. The third-order valence-electron chi connectivity index (χ3n) is 5.71. The SMILES string of the molecule is COc1ccc(N(C)C(=O)c2c(NS(=O)(=O)c3ccc(C(C)(C)C)cc3)ccc(Cl)c2C=O)c(C)n1. The average Bonchev–Trinajstić information content (AvgIpc) is 2.83. The molecule has 2 aromatic carbocycles. The van der Waals surface area contributed by atoms with Gasteiger partial charge in [0.15, 0.2) is 6.29 Å². The molecule has 1 aromatic heterocycles. The number of aryl methyl sites for hydroxylation is 1. The molecule has 1 amide bonds. The highest BCUT2D eigenvalue weighted by atomic mass is 35.5. The van der Waals surface area contributed by atoms with Crippen LogP contribution in [0.3, 0.4) is 0 Å². The van der Waals surface area contributed by atoms with E-state index in [0.29, 0.717) is 23.5 Å². The van der Waals surface area contributed by atoms with Crippen molar-refractivity contribution in [3.8, 4) is 5.88 Å². The molecule has 0 spiro atoms. The van der Waals surface area contributed by atoms with Crippen molar-refractivity contribution >= 4 is 45.2 Å². The number of aldehydes is 1. The van der Waals surface area contributed by atoms with E-state index in [2.05, 4.69) is 9.71 Å². The predicted molar refractivity (Wildman–Crippen MR) is 141 cm³/mol. The van der Waals surface area contributed by atoms with Crippen molar-refractivity contribution in [2.24, 2.45) is 0 Å². The zero-order valence-electron chi connectivity index (χ0n) is 20.9. The summed E-state index contributed by atoms with van der Waals surface area (Å²) in [5.41, 5.74) is 1.39. The van der Waals surface area contributed by atoms with Crippen LogP contribution in [0.4, 0.5) is 11.4 Å². The van der Waals surface area contributed by atoms with Crippen LogP contribution in [0.25, 0.3) is 0 Å². The van der Waals surface area contributed by atoms with E-state index in [-0.39, 0.29) is 32.1 Å². The summed E-state index contributed by atoms with van der Waals surface area (Å²) in [6.07, 6.45) is 0.429. The van der Waals surface area contributed by atoms with Crippen LogP contribution in [0, 0.1) is 6.92 Å². The standard InChI is InChI=1S/C26H28ClN3O5S/c1-16-22(13-14-23(28-16)35-6)30(5)25(32)24-19(15-31)20(27)11-12-21(24)29-36(33,34)18-9-7-17(8-10-18)26(2,3)4/h7-15,29H,1-6H3. The minimum absolute atomic E-state index is 0.0139. The zero-order valence-corrected chi connectivity index (χ0v) is 22.5. The zero-order chi connectivity index (χ0) is 26.8. The Morgan fingerprint density at radius 2 is 1.72 bits per heavy atom. The number of sulfonamides is 1. The smallest absolute Gasteiger partial charge is 0.261 e. The van der Waals surface area contributed by atoms with Crippen molar-refractivity contribution in [1.82, 2.24) is 4.98 Å². The van der Waals surface area contributed by atoms with Gasteiger partial charge in [0.1, 0.15) is 0 Å². The number of anilines is 2. The minimum Gasteiger partial charge on any atom is -0.481 e. The summed E-state index contributed by atoms with van der Waals surface area (Å²) < 4.78 is 34.0. The van der Waals surface area contributed by atoms with Gasteiger partial charge in [-0.05, 0) is 48.2 Å². The molecule has 190 valence electrons. The number of hydrogen-bond donors (Lipinski definition) is 1. The summed E-state index contributed by atoms with van der Waals surface area (Å²) in [5, 5.41) is 0.0174. The Balaban J connectivity index is 2.06. The number of methoxy groups -OCH3 is 1. The first-order valence-electron chi connectivity index (χ1n) is 11.0. The van der Waals surface area contributed by atoms with Gasteiger partial charge < -0.3 is 9.64 Å². The van der Waals surface area contributed by atoms with Gasteiger partial charge in [-0.1, -0.05) is 44.5 Å². The van der Waals surface area contributed by atoms with Gasteiger partial charge in [-0.3, -0.25) is 14.3 Å². The Morgan fingerprint density at radius 3 is 2.25 bits per heavy atom. The Labute approximate surface area is 216 Å². The van der Waals surface area contributed by atoms with Crippen LogP contribution in [0.5, 0.6) is 5.88 Å². The number of pyridine rings is 1. The fraction of sp³-hybridized carbons (Fsp3) is 0.269.